The van der Waals surface area contributed by atoms with Gasteiger partial charge in [-0.25, -0.2) is 9.59 Å². The molecule has 3 rings (SSSR count). The van der Waals surface area contributed by atoms with Crippen LogP contribution in [0.4, 0.5) is 0 Å². The Morgan fingerprint density at radius 3 is 1.21 bits per heavy atom. The van der Waals surface area contributed by atoms with Crippen molar-refractivity contribution in [2.45, 2.75) is 76.0 Å². The molecule has 24 heavy (non-hydrogen) atoms. The van der Waals surface area contributed by atoms with E-state index in [0.717, 1.165) is 10.6 Å². The number of carbonyl (C=O) groups excluding carboxylic acids is 2. The zero-order valence-electron chi connectivity index (χ0n) is 15.7. The largest absolute Gasteiger partial charge is 2.00 e. The molecule has 0 N–H and O–H groups in total. The van der Waals surface area contributed by atoms with Crippen molar-refractivity contribution >= 4 is 27.8 Å². The Morgan fingerprint density at radius 2 is 0.958 bits per heavy atom. The molecule has 0 aromatic heterocycles. The molecule has 3 aliphatic heterocycles. The Hall–Kier alpha value is 0.363. The summed E-state index contributed by atoms with van der Waals surface area (Å²) >= 11 is 0. The van der Waals surface area contributed by atoms with E-state index in [0.29, 0.717) is 22.6 Å². The Morgan fingerprint density at radius 1 is 0.708 bits per heavy atom. The second-order valence-corrected chi connectivity index (χ2v) is 13.9. The number of carbonyl (C=O) groups is 2. The van der Waals surface area contributed by atoms with Crippen molar-refractivity contribution in [3.05, 3.63) is 25.5 Å². The SMILES string of the molecule is C[C@H]1CC[C@H](C)[PH+]1C1=C([PH+]2[C@@H](C)CC[C@@H]2C)C(=O)OC1=O.[CH3-].[CH3-].[Rh+2]. The number of esters is 2. The van der Waals surface area contributed by atoms with Crippen LogP contribution in [-0.4, -0.2) is 34.6 Å². The molecule has 1 radical (unpaired) electrons. The van der Waals surface area contributed by atoms with Crippen molar-refractivity contribution in [1.82, 2.24) is 0 Å². The van der Waals surface area contributed by atoms with Crippen LogP contribution in [-0.2, 0) is 33.8 Å². The van der Waals surface area contributed by atoms with Crippen LogP contribution in [0.2, 0.25) is 0 Å². The molecule has 2 saturated heterocycles. The predicted octanol–water partition coefficient (Wildman–Crippen LogP) is 4.75. The van der Waals surface area contributed by atoms with Gasteiger partial charge in [-0.2, -0.15) is 0 Å². The van der Waals surface area contributed by atoms with Gasteiger partial charge in [0, 0.05) is 0 Å². The van der Waals surface area contributed by atoms with Crippen LogP contribution in [0.3, 0.4) is 0 Å². The first-order valence-corrected chi connectivity index (χ1v) is 11.5. The van der Waals surface area contributed by atoms with Gasteiger partial charge in [0.25, 0.3) is 0 Å². The van der Waals surface area contributed by atoms with Crippen molar-refractivity contribution in [3.8, 4) is 0 Å². The van der Waals surface area contributed by atoms with Gasteiger partial charge in [0.1, 0.15) is 0 Å². The summed E-state index contributed by atoms with van der Waals surface area (Å²) < 4.78 is 5.10. The minimum Gasteiger partial charge on any atom is -0.381 e. The van der Waals surface area contributed by atoms with Gasteiger partial charge in [0.05, 0.1) is 38.5 Å². The summed E-state index contributed by atoms with van der Waals surface area (Å²) in [6, 6.07) is 0. The van der Waals surface area contributed by atoms with Crippen LogP contribution in [0.15, 0.2) is 10.6 Å². The molecule has 3 aliphatic rings. The quantitative estimate of drug-likeness (QED) is 0.196. The smallest absolute Gasteiger partial charge is 0.381 e. The zero-order chi connectivity index (χ0) is 15.3. The second kappa shape index (κ2) is 9.34. The molecule has 0 spiro atoms. The van der Waals surface area contributed by atoms with Gasteiger partial charge in [-0.15, -0.1) is 0 Å². The summed E-state index contributed by atoms with van der Waals surface area (Å²) in [5.74, 6) is -0.568. The molecular weight excluding hydrogens is 429 g/mol. The predicted molar refractivity (Wildman–Crippen MR) is 104 cm³/mol. The third-order valence-corrected chi connectivity index (χ3v) is 13.3. The van der Waals surface area contributed by atoms with E-state index >= 15 is 0 Å². The standard InChI is InChI=1S/C16H24O3P2.2CH3.Rh/c1-9-5-6-10(2)20(9)13-14(16(18)19-15(13)17)21-11(3)7-8-12(21)4;;;/h9-12H,5-8H2,1-4H3;2*1H3;/q;2*-1;+2/p+2/t9-,10-,11-,12-;;;/m0.../s1. The normalized spacial score (nSPS) is 33.8. The van der Waals surface area contributed by atoms with Crippen molar-refractivity contribution in [3.63, 3.8) is 0 Å². The maximum atomic E-state index is 12.4. The average molecular weight is 461 g/mol. The van der Waals surface area contributed by atoms with E-state index in [4.69, 9.17) is 4.74 Å². The molecule has 139 valence electrons. The van der Waals surface area contributed by atoms with Gasteiger partial charge in [-0.1, -0.05) is 0 Å². The topological polar surface area (TPSA) is 43.4 Å². The molecule has 0 saturated carbocycles. The molecule has 6 heteroatoms. The minimum absolute atomic E-state index is 0. The third kappa shape index (κ3) is 4.02. The van der Waals surface area contributed by atoms with Crippen LogP contribution in [0.1, 0.15) is 53.4 Å². The minimum atomic E-state index is -0.948. The van der Waals surface area contributed by atoms with Crippen LogP contribution >= 0.6 is 15.8 Å². The van der Waals surface area contributed by atoms with Crippen LogP contribution in [0, 0.1) is 14.9 Å². The fourth-order valence-electron chi connectivity index (χ4n) is 4.49. The summed E-state index contributed by atoms with van der Waals surface area (Å²) in [5.41, 5.74) is 2.34. The molecular formula is C18H32O3P2Rh+2. The maximum absolute atomic E-state index is 12.4. The van der Waals surface area contributed by atoms with E-state index in [2.05, 4.69) is 27.7 Å². The van der Waals surface area contributed by atoms with E-state index in [-0.39, 0.29) is 46.3 Å². The molecule has 4 atom stereocenters. The molecule has 0 aromatic rings. The summed E-state index contributed by atoms with van der Waals surface area (Å²) in [6.45, 7) is 9.05. The Kier molecular flexibility index (Phi) is 9.48. The number of hydrogen-bond donors (Lipinski definition) is 0. The molecule has 0 amide bonds. The van der Waals surface area contributed by atoms with Gasteiger partial charge >= 0.3 is 31.4 Å². The molecule has 0 aliphatic carbocycles. The molecule has 3 nitrogen and oxygen atoms in total. The average Bonchev–Trinajstić information content (AvgIpc) is 3.00. The van der Waals surface area contributed by atoms with Gasteiger partial charge in [-0.05, 0) is 53.4 Å². The van der Waals surface area contributed by atoms with Gasteiger partial charge < -0.3 is 19.6 Å². The first-order valence-electron chi connectivity index (χ1n) is 8.16. The van der Waals surface area contributed by atoms with E-state index in [1.165, 1.54) is 25.7 Å². The Bertz CT molecular complexity index is 456. The maximum Gasteiger partial charge on any atom is 2.00 e. The third-order valence-electron chi connectivity index (χ3n) is 5.61. The number of ether oxygens (including phenoxy) is 1. The molecule has 3 heterocycles. The molecule has 2 fully saturated rings. The zero-order valence-corrected chi connectivity index (χ0v) is 19.3. The summed E-state index contributed by atoms with van der Waals surface area (Å²) in [7, 11) is -1.90. The van der Waals surface area contributed by atoms with Crippen LogP contribution in [0.25, 0.3) is 0 Å². The first kappa shape index (κ1) is 24.4. The van der Waals surface area contributed by atoms with Gasteiger partial charge in [0.15, 0.2) is 0 Å². The molecule has 0 unspecified atom stereocenters. The fraction of sp³-hybridized carbons (Fsp3) is 0.667. The monoisotopic (exact) mass is 461 g/mol. The van der Waals surface area contributed by atoms with Crippen LogP contribution < -0.4 is 0 Å². The van der Waals surface area contributed by atoms with E-state index < -0.39 is 15.8 Å². The second-order valence-electron chi connectivity index (χ2n) is 7.10. The number of cyclic esters (lactones) is 2. The van der Waals surface area contributed by atoms with Gasteiger partial charge in [-0.3, -0.25) is 0 Å². The fourth-order valence-corrected chi connectivity index (χ4v) is 12.5. The van der Waals surface area contributed by atoms with Crippen molar-refractivity contribution in [2.75, 3.05) is 0 Å². The summed E-state index contributed by atoms with van der Waals surface area (Å²) in [4.78, 5) is 24.8. The van der Waals surface area contributed by atoms with Crippen molar-refractivity contribution in [1.29, 1.82) is 0 Å². The first-order chi connectivity index (χ1) is 9.91. The van der Waals surface area contributed by atoms with Crippen LogP contribution in [0.5, 0.6) is 0 Å². The van der Waals surface area contributed by atoms with E-state index in [1.54, 1.807) is 0 Å². The Balaban J connectivity index is 0.00000176. The van der Waals surface area contributed by atoms with Crippen molar-refractivity contribution in [2.24, 2.45) is 0 Å². The van der Waals surface area contributed by atoms with E-state index in [1.807, 2.05) is 0 Å². The molecule has 0 bridgehead atoms. The van der Waals surface area contributed by atoms with Crippen molar-refractivity contribution < 1.29 is 33.8 Å². The Labute approximate surface area is 163 Å². The number of hydrogen-bond acceptors (Lipinski definition) is 3. The summed E-state index contributed by atoms with van der Waals surface area (Å²) in [6.07, 6.45) is 4.78. The van der Waals surface area contributed by atoms with E-state index in [9.17, 15) is 9.59 Å². The van der Waals surface area contributed by atoms with Gasteiger partial charge in [0.2, 0.25) is 10.6 Å². The summed E-state index contributed by atoms with van der Waals surface area (Å²) in [5, 5.41) is 1.77. The number of rotatable bonds is 2. The molecule has 0 aromatic carbocycles.